The van der Waals surface area contributed by atoms with Gasteiger partial charge < -0.3 is 15.2 Å². The number of carbonyl (C=O) groups is 4. The second-order valence-corrected chi connectivity index (χ2v) is 8.01. The number of halogens is 4. The van der Waals surface area contributed by atoms with Crippen LogP contribution in [0.25, 0.3) is 0 Å². The Bertz CT molecular complexity index is 1020. The van der Waals surface area contributed by atoms with Crippen molar-refractivity contribution in [1.29, 1.82) is 0 Å². The summed E-state index contributed by atoms with van der Waals surface area (Å²) in [5, 5.41) is 13.3. The third-order valence-corrected chi connectivity index (χ3v) is 6.16. The summed E-state index contributed by atoms with van der Waals surface area (Å²) in [7, 11) is 1.09. The molecule has 0 radical (unpaired) electrons. The minimum absolute atomic E-state index is 0.0976. The molecule has 0 unspecified atom stereocenters. The number of aliphatic carboxylic acids is 1. The number of carbonyl (C=O) groups excluding carboxylic acids is 3. The number of aromatic nitrogens is 2. The van der Waals surface area contributed by atoms with E-state index in [1.165, 1.54) is 0 Å². The lowest BCUT2D eigenvalue weighted by molar-refractivity contribution is -0.149. The fraction of sp³-hybridized carbons (Fsp3) is 0.438. The summed E-state index contributed by atoms with van der Waals surface area (Å²) in [5.41, 5.74) is -2.20. The molecule has 1 fully saturated rings. The molecule has 168 valence electrons. The van der Waals surface area contributed by atoms with Gasteiger partial charge in [0.1, 0.15) is 34.4 Å². The number of ether oxygens (including phenoxy) is 1. The second kappa shape index (κ2) is 8.07. The molecule has 2 amide bonds. The molecule has 15 heteroatoms. The summed E-state index contributed by atoms with van der Waals surface area (Å²) < 4.78 is 44.3. The van der Waals surface area contributed by atoms with Gasteiger partial charge in [0.15, 0.2) is 5.69 Å². The standard InChI is InChI=1S/C16H14ClF3N4O6S/c1-5(25)30-3-6-4-31-14-8(13(27)24(14)9(6)15(28)29)21-12(26)10-7(17)11(16(18,19)20)22-23(10)2/h8,14H,3-4H2,1-2H3,(H,21,26)(H,28,29)/t8-,14+/m0/s1. The number of thioether (sulfide) groups is 1. The van der Waals surface area contributed by atoms with E-state index >= 15 is 0 Å². The van der Waals surface area contributed by atoms with Crippen molar-refractivity contribution in [1.82, 2.24) is 20.0 Å². The number of alkyl halides is 3. The third-order valence-electron chi connectivity index (χ3n) is 4.46. The van der Waals surface area contributed by atoms with Crippen LogP contribution in [0.3, 0.4) is 0 Å². The van der Waals surface area contributed by atoms with Gasteiger partial charge in [-0.05, 0) is 0 Å². The quantitative estimate of drug-likeness (QED) is 0.469. The molecule has 0 spiro atoms. The molecule has 10 nitrogen and oxygen atoms in total. The van der Waals surface area contributed by atoms with Gasteiger partial charge >= 0.3 is 18.1 Å². The van der Waals surface area contributed by atoms with Crippen molar-refractivity contribution in [3.63, 3.8) is 0 Å². The van der Waals surface area contributed by atoms with Crippen LogP contribution in [-0.2, 0) is 32.3 Å². The van der Waals surface area contributed by atoms with Crippen molar-refractivity contribution in [2.45, 2.75) is 24.5 Å². The monoisotopic (exact) mass is 482 g/mol. The topological polar surface area (TPSA) is 131 Å². The molecule has 31 heavy (non-hydrogen) atoms. The number of aryl methyl sites for hydroxylation is 1. The van der Waals surface area contributed by atoms with Crippen molar-refractivity contribution in [3.8, 4) is 0 Å². The zero-order valence-electron chi connectivity index (χ0n) is 15.8. The van der Waals surface area contributed by atoms with Crippen molar-refractivity contribution >= 4 is 47.1 Å². The van der Waals surface area contributed by atoms with E-state index in [0.717, 1.165) is 30.6 Å². The van der Waals surface area contributed by atoms with Crippen LogP contribution in [0.15, 0.2) is 11.3 Å². The molecule has 0 aromatic carbocycles. The van der Waals surface area contributed by atoms with E-state index in [1.54, 1.807) is 0 Å². The van der Waals surface area contributed by atoms with Gasteiger partial charge in [-0.25, -0.2) is 4.79 Å². The lowest BCUT2D eigenvalue weighted by atomic mass is 10.0. The first-order valence-corrected chi connectivity index (χ1v) is 9.91. The zero-order chi connectivity index (χ0) is 23.2. The Morgan fingerprint density at radius 1 is 1.39 bits per heavy atom. The van der Waals surface area contributed by atoms with E-state index in [4.69, 9.17) is 16.3 Å². The van der Waals surface area contributed by atoms with Gasteiger partial charge in [-0.2, -0.15) is 18.3 Å². The average Bonchev–Trinajstić information content (AvgIpc) is 2.97. The van der Waals surface area contributed by atoms with Crippen LogP contribution in [0.4, 0.5) is 13.2 Å². The van der Waals surface area contributed by atoms with E-state index in [1.807, 2.05) is 0 Å². The SMILES string of the molecule is CC(=O)OCC1=C(C(=O)O)N2C(=O)[C@H](NC(=O)c3c(Cl)c(C(F)(F)F)nn3C)[C@H]2SC1. The van der Waals surface area contributed by atoms with Crippen LogP contribution in [0.1, 0.15) is 23.1 Å². The Labute approximate surface area is 181 Å². The van der Waals surface area contributed by atoms with Gasteiger partial charge in [0.2, 0.25) is 0 Å². The highest BCUT2D eigenvalue weighted by molar-refractivity contribution is 8.00. The van der Waals surface area contributed by atoms with E-state index in [-0.39, 0.29) is 23.6 Å². The molecule has 3 rings (SSSR count). The number of fused-ring (bicyclic) bond motifs is 1. The maximum Gasteiger partial charge on any atom is 0.436 e. The molecule has 0 aliphatic carbocycles. The summed E-state index contributed by atoms with van der Waals surface area (Å²) in [4.78, 5) is 48.7. The molecule has 2 N–H and O–H groups in total. The van der Waals surface area contributed by atoms with Crippen molar-refractivity contribution in [2.75, 3.05) is 12.4 Å². The van der Waals surface area contributed by atoms with Gasteiger partial charge in [-0.3, -0.25) is 24.0 Å². The molecule has 0 saturated carbocycles. The maximum atomic E-state index is 12.9. The van der Waals surface area contributed by atoms with Crippen LogP contribution in [0, 0.1) is 0 Å². The fourth-order valence-electron chi connectivity index (χ4n) is 3.12. The molecule has 2 atom stereocenters. The number of esters is 1. The fourth-order valence-corrected chi connectivity index (χ4v) is 4.80. The van der Waals surface area contributed by atoms with Crippen molar-refractivity contribution in [2.24, 2.45) is 7.05 Å². The Kier molecular flexibility index (Phi) is 5.97. The number of rotatable bonds is 5. The number of nitrogens with one attached hydrogen (secondary N) is 1. The Morgan fingerprint density at radius 3 is 2.55 bits per heavy atom. The van der Waals surface area contributed by atoms with Gasteiger partial charge in [0, 0.05) is 25.3 Å². The van der Waals surface area contributed by atoms with E-state index in [2.05, 4.69) is 10.4 Å². The molecule has 3 heterocycles. The Balaban J connectivity index is 1.81. The van der Waals surface area contributed by atoms with Crippen molar-refractivity contribution < 1.29 is 42.2 Å². The van der Waals surface area contributed by atoms with Crippen LogP contribution < -0.4 is 5.32 Å². The third kappa shape index (κ3) is 4.08. The number of hydrogen-bond acceptors (Lipinski definition) is 7. The first-order valence-electron chi connectivity index (χ1n) is 8.48. The molecule has 1 saturated heterocycles. The molecule has 1 aromatic rings. The summed E-state index contributed by atoms with van der Waals surface area (Å²) in [6.07, 6.45) is -4.88. The molecular weight excluding hydrogens is 469 g/mol. The van der Waals surface area contributed by atoms with Gasteiger partial charge in [0.25, 0.3) is 11.8 Å². The highest BCUT2D eigenvalue weighted by Crippen LogP contribution is 2.41. The van der Waals surface area contributed by atoms with Crippen LogP contribution in [0.2, 0.25) is 5.02 Å². The number of β-lactam (4-membered cyclic amide) rings is 1. The summed E-state index contributed by atoms with van der Waals surface area (Å²) in [6, 6.07) is -1.19. The number of hydrogen-bond donors (Lipinski definition) is 2. The molecule has 0 bridgehead atoms. The van der Waals surface area contributed by atoms with Gasteiger partial charge in [-0.1, -0.05) is 11.6 Å². The average molecular weight is 483 g/mol. The zero-order valence-corrected chi connectivity index (χ0v) is 17.4. The van der Waals surface area contributed by atoms with E-state index in [0.29, 0.717) is 4.68 Å². The first-order chi connectivity index (χ1) is 14.3. The predicted molar refractivity (Wildman–Crippen MR) is 98.9 cm³/mol. The summed E-state index contributed by atoms with van der Waals surface area (Å²) in [5.74, 6) is -3.80. The molecular formula is C16H14ClF3N4O6S. The number of nitrogens with zero attached hydrogens (tertiary/aromatic N) is 3. The number of carboxylic acids is 1. The van der Waals surface area contributed by atoms with Gasteiger partial charge in [-0.15, -0.1) is 11.8 Å². The Hall–Kier alpha value is -2.74. The minimum atomic E-state index is -4.88. The predicted octanol–water partition coefficient (Wildman–Crippen LogP) is 1.01. The summed E-state index contributed by atoms with van der Waals surface area (Å²) in [6.45, 7) is 0.830. The molecule has 1 aromatic heterocycles. The van der Waals surface area contributed by atoms with Crippen LogP contribution >= 0.6 is 23.4 Å². The first kappa shape index (κ1) is 22.9. The lowest BCUT2D eigenvalue weighted by Crippen LogP contribution is -2.70. The van der Waals surface area contributed by atoms with Gasteiger partial charge in [0.05, 0.1) is 0 Å². The largest absolute Gasteiger partial charge is 0.477 e. The van der Waals surface area contributed by atoms with E-state index in [9.17, 15) is 37.5 Å². The Morgan fingerprint density at radius 2 is 2.03 bits per heavy atom. The number of carboxylic acid groups (broad SMARTS) is 1. The maximum absolute atomic E-state index is 12.9. The smallest absolute Gasteiger partial charge is 0.436 e. The van der Waals surface area contributed by atoms with Crippen LogP contribution in [0.5, 0.6) is 0 Å². The minimum Gasteiger partial charge on any atom is -0.477 e. The van der Waals surface area contributed by atoms with Crippen LogP contribution in [-0.4, -0.2) is 67.3 Å². The normalized spacial score (nSPS) is 20.8. The van der Waals surface area contributed by atoms with Crippen molar-refractivity contribution in [3.05, 3.63) is 27.7 Å². The number of amides is 2. The molecule has 2 aliphatic heterocycles. The highest BCUT2D eigenvalue weighted by atomic mass is 35.5. The summed E-state index contributed by atoms with van der Waals surface area (Å²) >= 11 is 6.78. The van der Waals surface area contributed by atoms with E-state index < -0.39 is 57.8 Å². The lowest BCUT2D eigenvalue weighted by Gasteiger charge is -2.49. The highest BCUT2D eigenvalue weighted by Gasteiger charge is 2.54. The second-order valence-electron chi connectivity index (χ2n) is 6.53. The molecule has 2 aliphatic rings.